The molecule has 0 aliphatic carbocycles. The third kappa shape index (κ3) is 3.24. The SMILES string of the molecule is Nc1cccc2c1CCCN2CCOc1cccc(Cl)c1. The Hall–Kier alpha value is -1.87. The lowest BCUT2D eigenvalue weighted by Gasteiger charge is -2.31. The van der Waals surface area contributed by atoms with Crippen molar-refractivity contribution >= 4 is 23.0 Å². The van der Waals surface area contributed by atoms with Crippen molar-refractivity contribution in [1.29, 1.82) is 0 Å². The van der Waals surface area contributed by atoms with Gasteiger partial charge in [-0.25, -0.2) is 0 Å². The first-order chi connectivity index (χ1) is 10.2. The van der Waals surface area contributed by atoms with Gasteiger partial charge in [-0.1, -0.05) is 23.7 Å². The van der Waals surface area contributed by atoms with Crippen LogP contribution in [0.15, 0.2) is 42.5 Å². The molecule has 0 fully saturated rings. The van der Waals surface area contributed by atoms with E-state index in [1.165, 1.54) is 11.3 Å². The molecule has 0 radical (unpaired) electrons. The number of fused-ring (bicyclic) bond motifs is 1. The van der Waals surface area contributed by atoms with Crippen LogP contribution in [0, 0.1) is 0 Å². The average molecular weight is 303 g/mol. The van der Waals surface area contributed by atoms with E-state index in [1.807, 2.05) is 36.4 Å². The predicted octanol–water partition coefficient (Wildman–Crippen LogP) is 3.75. The number of hydrogen-bond acceptors (Lipinski definition) is 3. The standard InChI is InChI=1S/C17H19ClN2O/c18-13-4-1-5-14(12-13)21-11-10-20-9-3-6-15-16(19)7-2-8-17(15)20/h1-2,4-5,7-8,12H,3,6,9-11,19H2. The maximum absolute atomic E-state index is 6.07. The number of rotatable bonds is 4. The molecule has 3 nitrogen and oxygen atoms in total. The van der Waals surface area contributed by atoms with Crippen molar-refractivity contribution in [3.05, 3.63) is 53.1 Å². The normalized spacial score (nSPS) is 13.9. The molecule has 3 rings (SSSR count). The number of ether oxygens (including phenoxy) is 1. The maximum atomic E-state index is 6.07. The van der Waals surface area contributed by atoms with Crippen LogP contribution in [0.2, 0.25) is 5.02 Å². The summed E-state index contributed by atoms with van der Waals surface area (Å²) in [5, 5.41) is 0.698. The van der Waals surface area contributed by atoms with E-state index in [0.29, 0.717) is 11.6 Å². The summed E-state index contributed by atoms with van der Waals surface area (Å²) >= 11 is 5.95. The molecular weight excluding hydrogens is 284 g/mol. The Kier molecular flexibility index (Phi) is 4.20. The molecule has 21 heavy (non-hydrogen) atoms. The van der Waals surface area contributed by atoms with Crippen molar-refractivity contribution < 1.29 is 4.74 Å². The highest BCUT2D eigenvalue weighted by atomic mass is 35.5. The van der Waals surface area contributed by atoms with Crippen LogP contribution in [0.4, 0.5) is 11.4 Å². The number of nitrogens with zero attached hydrogens (tertiary/aromatic N) is 1. The molecule has 0 unspecified atom stereocenters. The second-order valence-electron chi connectivity index (χ2n) is 5.24. The van der Waals surface area contributed by atoms with Gasteiger partial charge in [-0.3, -0.25) is 0 Å². The van der Waals surface area contributed by atoms with Gasteiger partial charge in [0.2, 0.25) is 0 Å². The first-order valence-electron chi connectivity index (χ1n) is 7.25. The fourth-order valence-corrected chi connectivity index (χ4v) is 2.97. The second kappa shape index (κ2) is 6.27. The fraction of sp³-hybridized carbons (Fsp3) is 0.294. The van der Waals surface area contributed by atoms with E-state index in [9.17, 15) is 0 Å². The molecule has 1 aliphatic heterocycles. The van der Waals surface area contributed by atoms with Gasteiger partial charge in [0.25, 0.3) is 0 Å². The van der Waals surface area contributed by atoms with Gasteiger partial charge in [0.05, 0.1) is 6.54 Å². The first kappa shape index (κ1) is 14.1. The lowest BCUT2D eigenvalue weighted by atomic mass is 10.00. The zero-order chi connectivity index (χ0) is 14.7. The maximum Gasteiger partial charge on any atom is 0.120 e. The summed E-state index contributed by atoms with van der Waals surface area (Å²) in [6.45, 7) is 2.53. The Labute approximate surface area is 130 Å². The van der Waals surface area contributed by atoms with Gasteiger partial charge in [0.1, 0.15) is 12.4 Å². The van der Waals surface area contributed by atoms with Crippen LogP contribution in [-0.4, -0.2) is 19.7 Å². The smallest absolute Gasteiger partial charge is 0.120 e. The van der Waals surface area contributed by atoms with E-state index < -0.39 is 0 Å². The summed E-state index contributed by atoms with van der Waals surface area (Å²) in [5.74, 6) is 0.812. The molecule has 1 heterocycles. The largest absolute Gasteiger partial charge is 0.492 e. The number of benzene rings is 2. The Morgan fingerprint density at radius 1 is 1.19 bits per heavy atom. The molecule has 0 bridgehead atoms. The molecule has 4 heteroatoms. The van der Waals surface area contributed by atoms with Crippen molar-refractivity contribution in [1.82, 2.24) is 0 Å². The molecule has 0 amide bonds. The van der Waals surface area contributed by atoms with Gasteiger partial charge in [0.15, 0.2) is 0 Å². The van der Waals surface area contributed by atoms with Gasteiger partial charge in [-0.05, 0) is 48.7 Å². The van der Waals surface area contributed by atoms with Crippen LogP contribution in [0.25, 0.3) is 0 Å². The number of nitrogen functional groups attached to an aromatic ring is 1. The zero-order valence-corrected chi connectivity index (χ0v) is 12.6. The Balaban J connectivity index is 1.63. The summed E-state index contributed by atoms with van der Waals surface area (Å²) in [4.78, 5) is 2.35. The highest BCUT2D eigenvalue weighted by Crippen LogP contribution is 2.31. The van der Waals surface area contributed by atoms with E-state index in [4.69, 9.17) is 22.1 Å². The molecule has 0 spiro atoms. The third-order valence-corrected chi connectivity index (χ3v) is 4.04. The third-order valence-electron chi connectivity index (χ3n) is 3.81. The van der Waals surface area contributed by atoms with Crippen LogP contribution >= 0.6 is 11.6 Å². The van der Waals surface area contributed by atoms with Crippen LogP contribution in [0.3, 0.4) is 0 Å². The Morgan fingerprint density at radius 2 is 2.05 bits per heavy atom. The zero-order valence-electron chi connectivity index (χ0n) is 11.9. The summed E-state index contributed by atoms with van der Waals surface area (Å²) in [7, 11) is 0. The van der Waals surface area contributed by atoms with Crippen molar-refractivity contribution in [3.8, 4) is 5.75 Å². The number of hydrogen-bond donors (Lipinski definition) is 1. The minimum Gasteiger partial charge on any atom is -0.492 e. The summed E-state index contributed by atoms with van der Waals surface area (Å²) in [5.41, 5.74) is 9.48. The Morgan fingerprint density at radius 3 is 2.90 bits per heavy atom. The van der Waals surface area contributed by atoms with E-state index in [2.05, 4.69) is 11.0 Å². The first-order valence-corrected chi connectivity index (χ1v) is 7.62. The highest BCUT2D eigenvalue weighted by Gasteiger charge is 2.18. The molecule has 0 saturated carbocycles. The Bertz CT molecular complexity index is 630. The minimum absolute atomic E-state index is 0.634. The van der Waals surface area contributed by atoms with Gasteiger partial charge in [-0.15, -0.1) is 0 Å². The quantitative estimate of drug-likeness (QED) is 0.874. The van der Waals surface area contributed by atoms with Gasteiger partial charge in [-0.2, -0.15) is 0 Å². The predicted molar refractivity (Wildman–Crippen MR) is 88.3 cm³/mol. The molecule has 0 atom stereocenters. The highest BCUT2D eigenvalue weighted by molar-refractivity contribution is 6.30. The fourth-order valence-electron chi connectivity index (χ4n) is 2.79. The molecule has 110 valence electrons. The molecule has 0 saturated heterocycles. The van der Waals surface area contributed by atoms with Crippen LogP contribution < -0.4 is 15.4 Å². The molecule has 2 aromatic carbocycles. The van der Waals surface area contributed by atoms with E-state index in [-0.39, 0.29) is 0 Å². The van der Waals surface area contributed by atoms with E-state index >= 15 is 0 Å². The van der Waals surface area contributed by atoms with Crippen molar-refractivity contribution in [2.45, 2.75) is 12.8 Å². The van der Waals surface area contributed by atoms with Gasteiger partial charge >= 0.3 is 0 Å². The summed E-state index contributed by atoms with van der Waals surface area (Å²) in [6.07, 6.45) is 2.20. The topological polar surface area (TPSA) is 38.5 Å². The van der Waals surface area contributed by atoms with Crippen molar-refractivity contribution in [2.24, 2.45) is 0 Å². The van der Waals surface area contributed by atoms with Gasteiger partial charge in [0, 0.05) is 22.9 Å². The summed E-state index contributed by atoms with van der Waals surface area (Å²) in [6, 6.07) is 13.6. The molecular formula is C17H19ClN2O. The van der Waals surface area contributed by atoms with Crippen LogP contribution in [0.1, 0.15) is 12.0 Å². The molecule has 2 aromatic rings. The lowest BCUT2D eigenvalue weighted by Crippen LogP contribution is -2.33. The van der Waals surface area contributed by atoms with Crippen molar-refractivity contribution in [2.75, 3.05) is 30.3 Å². The van der Waals surface area contributed by atoms with Crippen LogP contribution in [0.5, 0.6) is 5.75 Å². The second-order valence-corrected chi connectivity index (χ2v) is 5.68. The van der Waals surface area contributed by atoms with Gasteiger partial charge < -0.3 is 15.4 Å². The summed E-state index contributed by atoms with van der Waals surface area (Å²) < 4.78 is 5.78. The average Bonchev–Trinajstić information content (AvgIpc) is 2.48. The van der Waals surface area contributed by atoms with Crippen molar-refractivity contribution in [3.63, 3.8) is 0 Å². The minimum atomic E-state index is 0.634. The number of halogens is 1. The monoisotopic (exact) mass is 302 g/mol. The van der Waals surface area contributed by atoms with E-state index in [1.54, 1.807) is 0 Å². The number of anilines is 2. The van der Waals surface area contributed by atoms with E-state index in [0.717, 1.165) is 37.4 Å². The lowest BCUT2D eigenvalue weighted by molar-refractivity contribution is 0.322. The molecule has 0 aromatic heterocycles. The molecule has 1 aliphatic rings. The van der Waals surface area contributed by atoms with Crippen LogP contribution in [-0.2, 0) is 6.42 Å². The number of nitrogens with two attached hydrogens (primary N) is 1. The molecule has 2 N–H and O–H groups in total.